The van der Waals surface area contributed by atoms with E-state index in [0.717, 1.165) is 2.59 Å². The summed E-state index contributed by atoms with van der Waals surface area (Å²) in [6.07, 6.45) is 5.23. The predicted octanol–water partition coefficient (Wildman–Crippen LogP) is 5.24. The Kier molecular flexibility index (Phi) is 1.74. The quantitative estimate of drug-likeness (QED) is 0.249. The summed E-state index contributed by atoms with van der Waals surface area (Å²) >= 11 is 4.75. The largest absolute Gasteiger partial charge is 0.166 e. The Bertz CT molecular complexity index is 557. The van der Waals surface area contributed by atoms with Crippen molar-refractivity contribution in [1.82, 2.24) is 0 Å². The van der Waals surface area contributed by atoms with Gasteiger partial charge in [0.1, 0.15) is 4.08 Å². The lowest BCUT2D eigenvalue weighted by molar-refractivity contribution is 1.10. The number of allylic oxidation sites excluding steroid dienone is 1. The third kappa shape index (κ3) is 0.659. The van der Waals surface area contributed by atoms with Gasteiger partial charge in [0.25, 0.3) is 0 Å². The van der Waals surface area contributed by atoms with Crippen molar-refractivity contribution in [2.75, 3.05) is 12.5 Å². The Morgan fingerprint density at radius 2 is 1.94 bits per heavy atom. The number of thiophene rings is 1. The SMILES string of the molecule is CC1=C(C)C2(c3sccc31)S1(C)C(I)S21C. The van der Waals surface area contributed by atoms with Gasteiger partial charge in [-0.3, -0.25) is 0 Å². The van der Waals surface area contributed by atoms with Crippen molar-refractivity contribution in [2.24, 2.45) is 0 Å². The van der Waals surface area contributed by atoms with E-state index in [2.05, 4.69) is 60.4 Å². The maximum absolute atomic E-state index is 2.73. The maximum Gasteiger partial charge on any atom is 0.104 e. The van der Waals surface area contributed by atoms with Crippen LogP contribution in [0.1, 0.15) is 24.3 Å². The molecule has 3 heterocycles. The van der Waals surface area contributed by atoms with Gasteiger partial charge in [0.05, 0.1) is 2.59 Å². The van der Waals surface area contributed by atoms with Gasteiger partial charge in [-0.15, -0.1) is 11.3 Å². The van der Waals surface area contributed by atoms with Crippen molar-refractivity contribution in [3.05, 3.63) is 27.5 Å². The van der Waals surface area contributed by atoms with Crippen LogP contribution in [0.5, 0.6) is 0 Å². The average molecular weight is 382 g/mol. The molecule has 2 fully saturated rings. The lowest BCUT2D eigenvalue weighted by atomic mass is 10.1. The second-order valence-electron chi connectivity index (χ2n) is 5.11. The Morgan fingerprint density at radius 1 is 1.31 bits per heavy atom. The summed E-state index contributed by atoms with van der Waals surface area (Å²) in [5.74, 6) is 0. The molecule has 16 heavy (non-hydrogen) atoms. The summed E-state index contributed by atoms with van der Waals surface area (Å²) in [5, 5.41) is 2.30. The number of rotatable bonds is 0. The Morgan fingerprint density at radius 3 is 2.50 bits per heavy atom. The number of halogens is 1. The standard InChI is InChI=1S/C12H15IS3/c1-7-8(2)12(10-9(7)5-6-14-10)15(3)11(13)16(12,15)4/h5-6,11H,1-4H3. The highest BCUT2D eigenvalue weighted by Gasteiger charge is 2.96. The van der Waals surface area contributed by atoms with E-state index in [1.54, 1.807) is 21.6 Å². The first-order valence-corrected chi connectivity index (χ1v) is 12.2. The minimum absolute atomic E-state index is 0.311. The van der Waals surface area contributed by atoms with E-state index in [9.17, 15) is 0 Å². The van der Waals surface area contributed by atoms with Gasteiger partial charge < -0.3 is 0 Å². The van der Waals surface area contributed by atoms with E-state index in [0.29, 0.717) is 4.08 Å². The fraction of sp³-hybridized carbons (Fsp3) is 0.500. The first-order valence-electron chi connectivity index (χ1n) is 5.39. The summed E-state index contributed by atoms with van der Waals surface area (Å²) in [6, 6.07) is 2.35. The monoisotopic (exact) mass is 382 g/mol. The molecule has 0 saturated carbocycles. The van der Waals surface area contributed by atoms with Crippen LogP contribution in [0.2, 0.25) is 0 Å². The van der Waals surface area contributed by atoms with Gasteiger partial charge >= 0.3 is 0 Å². The molecule has 1 aliphatic carbocycles. The van der Waals surface area contributed by atoms with E-state index in [1.165, 1.54) is 0 Å². The van der Waals surface area contributed by atoms with Crippen LogP contribution in [0.25, 0.3) is 5.57 Å². The van der Waals surface area contributed by atoms with E-state index in [4.69, 9.17) is 0 Å². The van der Waals surface area contributed by atoms with Crippen LogP contribution in [-0.2, 0) is 4.08 Å². The molecule has 4 heteroatoms. The average Bonchev–Trinajstić information content (AvgIpc) is 2.81. The summed E-state index contributed by atoms with van der Waals surface area (Å²) < 4.78 is 1.63. The molecule has 1 aromatic heterocycles. The van der Waals surface area contributed by atoms with Crippen LogP contribution in [-0.4, -0.2) is 15.1 Å². The van der Waals surface area contributed by atoms with Gasteiger partial charge in [0.2, 0.25) is 0 Å². The lowest BCUT2D eigenvalue weighted by Gasteiger charge is -2.29. The summed E-state index contributed by atoms with van der Waals surface area (Å²) in [6.45, 7) is 4.75. The maximum atomic E-state index is 2.73. The van der Waals surface area contributed by atoms with Crippen LogP contribution >= 0.6 is 52.0 Å². The Labute approximate surface area is 117 Å². The molecule has 0 N–H and O–H groups in total. The van der Waals surface area contributed by atoms with Gasteiger partial charge in [-0.2, -0.15) is 18.1 Å². The summed E-state index contributed by atoms with van der Waals surface area (Å²) in [7, 11) is -0.622. The van der Waals surface area contributed by atoms with Crippen LogP contribution in [0.3, 0.4) is 0 Å². The molecule has 2 atom stereocenters. The highest BCUT2D eigenvalue weighted by molar-refractivity contribution is 14.1. The highest BCUT2D eigenvalue weighted by atomic mass is 127. The molecule has 1 aromatic rings. The van der Waals surface area contributed by atoms with Gasteiger partial charge in [-0.25, -0.2) is 0 Å². The molecule has 2 unspecified atom stereocenters. The van der Waals surface area contributed by atoms with E-state index < -0.39 is 0 Å². The zero-order valence-corrected chi connectivity index (χ0v) is 14.4. The molecule has 3 aliphatic rings. The van der Waals surface area contributed by atoms with Crippen LogP contribution in [0.15, 0.2) is 17.0 Å². The number of fused-ring (bicyclic) bond motifs is 5. The predicted molar refractivity (Wildman–Crippen MR) is 89.1 cm³/mol. The fourth-order valence-corrected chi connectivity index (χ4v) is 34.1. The van der Waals surface area contributed by atoms with Gasteiger partial charge in [0, 0.05) is 4.88 Å². The van der Waals surface area contributed by atoms with Crippen LogP contribution in [0, 0.1) is 0 Å². The topological polar surface area (TPSA) is 0 Å². The lowest BCUT2D eigenvalue weighted by Crippen LogP contribution is -2.17. The van der Waals surface area contributed by atoms with E-state index in [-0.39, 0.29) is 18.1 Å². The Hall–Kier alpha value is 0.870. The van der Waals surface area contributed by atoms with Crippen molar-refractivity contribution in [2.45, 2.75) is 20.5 Å². The first kappa shape index (κ1) is 10.8. The molecule has 4 rings (SSSR count). The third-order valence-corrected chi connectivity index (χ3v) is 30.1. The zero-order valence-electron chi connectivity index (χ0n) is 9.83. The highest BCUT2D eigenvalue weighted by Crippen LogP contribution is 3.33. The molecule has 88 valence electrons. The minimum atomic E-state index is -0.311. The van der Waals surface area contributed by atoms with Crippen molar-refractivity contribution >= 4 is 57.6 Å². The Balaban J connectivity index is 2.03. The van der Waals surface area contributed by atoms with Gasteiger partial charge in [-0.05, 0) is 54.5 Å². The van der Waals surface area contributed by atoms with Gasteiger partial charge in [-0.1, -0.05) is 22.6 Å². The molecular formula is C12H15IS3. The van der Waals surface area contributed by atoms with Crippen LogP contribution in [0.4, 0.5) is 0 Å². The zero-order chi connectivity index (χ0) is 11.5. The third-order valence-electron chi connectivity index (χ3n) is 4.93. The second-order valence-corrected chi connectivity index (χ2v) is 19.5. The van der Waals surface area contributed by atoms with Crippen molar-refractivity contribution in [3.63, 3.8) is 0 Å². The normalized spacial score (nSPS) is 59.9. The fourth-order valence-electron chi connectivity index (χ4n) is 3.76. The molecule has 0 amide bonds. The number of alkyl halides is 1. The number of hydrogen-bond donors (Lipinski definition) is 0. The van der Waals surface area contributed by atoms with E-state index >= 15 is 0 Å². The molecule has 0 bridgehead atoms. The smallest absolute Gasteiger partial charge is 0.104 e. The summed E-state index contributed by atoms with van der Waals surface area (Å²) in [5.41, 5.74) is 4.91. The molecule has 0 aromatic carbocycles. The minimum Gasteiger partial charge on any atom is -0.166 e. The van der Waals surface area contributed by atoms with E-state index in [1.807, 2.05) is 11.3 Å². The first-order chi connectivity index (χ1) is 7.45. The van der Waals surface area contributed by atoms with Gasteiger partial charge in [0.15, 0.2) is 0 Å². The summed E-state index contributed by atoms with van der Waals surface area (Å²) in [4.78, 5) is 1.74. The molecule has 2 aliphatic heterocycles. The van der Waals surface area contributed by atoms with Crippen molar-refractivity contribution in [3.8, 4) is 0 Å². The molecule has 0 nitrogen and oxygen atoms in total. The molecular weight excluding hydrogens is 367 g/mol. The second kappa shape index (κ2) is 2.58. The molecule has 1 spiro atoms. The van der Waals surface area contributed by atoms with Crippen molar-refractivity contribution < 1.29 is 0 Å². The molecule has 0 radical (unpaired) electrons. The van der Waals surface area contributed by atoms with Crippen LogP contribution < -0.4 is 0 Å². The number of hydrogen-bond acceptors (Lipinski definition) is 1. The van der Waals surface area contributed by atoms with Crippen molar-refractivity contribution in [1.29, 1.82) is 0 Å². The molecule has 2 saturated heterocycles.